The molecule has 11 heteroatoms. The van der Waals surface area contributed by atoms with Crippen molar-refractivity contribution in [2.45, 2.75) is 44.8 Å². The first kappa shape index (κ1) is 31.1. The number of halogens is 2. The first-order valence-corrected chi connectivity index (χ1v) is 15.8. The van der Waals surface area contributed by atoms with Gasteiger partial charge in [-0.15, -0.1) is 0 Å². The molecule has 3 heterocycles. The molecule has 1 amide bonds. The van der Waals surface area contributed by atoms with Crippen molar-refractivity contribution in [1.82, 2.24) is 19.8 Å². The van der Waals surface area contributed by atoms with Crippen molar-refractivity contribution in [3.05, 3.63) is 76.5 Å². The van der Waals surface area contributed by atoms with Crippen molar-refractivity contribution in [3.63, 3.8) is 0 Å². The topological polar surface area (TPSA) is 69.4 Å². The highest BCUT2D eigenvalue weighted by molar-refractivity contribution is 6.36. The number of carbonyl (C=O) groups is 1. The molecule has 45 heavy (non-hydrogen) atoms. The zero-order valence-corrected chi connectivity index (χ0v) is 26.9. The van der Waals surface area contributed by atoms with Crippen LogP contribution in [0.1, 0.15) is 31.0 Å². The highest BCUT2D eigenvalue weighted by Gasteiger charge is 2.44. The third kappa shape index (κ3) is 6.16. The van der Waals surface area contributed by atoms with Gasteiger partial charge in [0, 0.05) is 54.3 Å². The average molecular weight is 632 g/mol. The van der Waals surface area contributed by atoms with E-state index in [1.807, 2.05) is 18.2 Å². The predicted molar refractivity (Wildman–Crippen MR) is 175 cm³/mol. The van der Waals surface area contributed by atoms with Gasteiger partial charge in [0.25, 0.3) is 0 Å². The molecule has 2 aliphatic heterocycles. The Bertz CT molecular complexity index is 1670. The zero-order valence-electron chi connectivity index (χ0n) is 26.1. The van der Waals surface area contributed by atoms with Gasteiger partial charge in [-0.2, -0.15) is 9.97 Å². The lowest BCUT2D eigenvalue weighted by molar-refractivity contribution is -0.128. The number of ether oxygens (including phenoxy) is 1. The van der Waals surface area contributed by atoms with Gasteiger partial charge in [0.1, 0.15) is 17.7 Å². The SMILES string of the molecule is [C-]#[N+]C[C@H]1CN(c2nc(OCC3(CN(C)C)CC3)nc3c2C[C@H](C)N(c2cccc4ccc(F)c(Cl)c24)C3)CCN1C(=O)C=C. The molecule has 0 radical (unpaired) electrons. The fourth-order valence-corrected chi connectivity index (χ4v) is 7.14. The lowest BCUT2D eigenvalue weighted by Crippen LogP contribution is -2.56. The maximum atomic E-state index is 14.7. The highest BCUT2D eigenvalue weighted by Crippen LogP contribution is 2.46. The van der Waals surface area contributed by atoms with E-state index in [1.165, 1.54) is 12.1 Å². The molecule has 1 aliphatic carbocycles. The molecule has 236 valence electrons. The number of benzene rings is 2. The number of aromatic nitrogens is 2. The third-order valence-electron chi connectivity index (χ3n) is 9.28. The summed E-state index contributed by atoms with van der Waals surface area (Å²) in [5.41, 5.74) is 2.84. The lowest BCUT2D eigenvalue weighted by atomic mass is 9.96. The molecule has 0 unspecified atom stereocenters. The molecular formula is C34H39ClFN7O2. The Morgan fingerprint density at radius 2 is 2.07 bits per heavy atom. The molecule has 0 bridgehead atoms. The van der Waals surface area contributed by atoms with Crippen LogP contribution in [0.3, 0.4) is 0 Å². The van der Waals surface area contributed by atoms with Gasteiger partial charge in [0.15, 0.2) is 0 Å². The second kappa shape index (κ2) is 12.5. The van der Waals surface area contributed by atoms with Crippen LogP contribution in [0.15, 0.2) is 43.0 Å². The van der Waals surface area contributed by atoms with Crippen molar-refractivity contribution in [3.8, 4) is 6.01 Å². The van der Waals surface area contributed by atoms with E-state index in [0.717, 1.165) is 47.5 Å². The van der Waals surface area contributed by atoms with Crippen molar-refractivity contribution >= 4 is 39.8 Å². The Morgan fingerprint density at radius 3 is 2.78 bits per heavy atom. The quantitative estimate of drug-likeness (QED) is 0.237. The van der Waals surface area contributed by atoms with Crippen LogP contribution in [0, 0.1) is 17.8 Å². The number of amides is 1. The molecule has 0 N–H and O–H groups in total. The number of nitrogens with zero attached hydrogens (tertiary/aromatic N) is 7. The Hall–Kier alpha value is -3.94. The number of fused-ring (bicyclic) bond motifs is 2. The van der Waals surface area contributed by atoms with Gasteiger partial charge in [-0.3, -0.25) is 4.79 Å². The fourth-order valence-electron chi connectivity index (χ4n) is 6.87. The minimum Gasteiger partial charge on any atom is -0.463 e. The van der Waals surface area contributed by atoms with Crippen LogP contribution >= 0.6 is 11.6 Å². The van der Waals surface area contributed by atoms with E-state index in [-0.39, 0.29) is 35.0 Å². The average Bonchev–Trinajstić information content (AvgIpc) is 3.79. The maximum absolute atomic E-state index is 14.7. The molecular weight excluding hydrogens is 593 g/mol. The minimum atomic E-state index is -0.447. The lowest BCUT2D eigenvalue weighted by Gasteiger charge is -2.42. The van der Waals surface area contributed by atoms with Crippen LogP contribution in [0.5, 0.6) is 6.01 Å². The number of anilines is 2. The summed E-state index contributed by atoms with van der Waals surface area (Å²) < 4.78 is 21.0. The van der Waals surface area contributed by atoms with Crippen LogP contribution in [-0.2, 0) is 17.8 Å². The second-order valence-electron chi connectivity index (χ2n) is 12.9. The molecule has 1 aromatic heterocycles. The summed E-state index contributed by atoms with van der Waals surface area (Å²) in [6.45, 7) is 17.0. The van der Waals surface area contributed by atoms with E-state index in [1.54, 1.807) is 11.0 Å². The van der Waals surface area contributed by atoms with E-state index in [0.29, 0.717) is 50.6 Å². The van der Waals surface area contributed by atoms with Crippen molar-refractivity contribution in [1.29, 1.82) is 0 Å². The standard InChI is InChI=1S/C34H39ClFN7O2/c1-6-29(44)42-15-14-41(18-24(42)17-37-3)32-25-16-22(2)43(28-9-7-8-23-10-11-26(36)31(35)30(23)28)19-27(25)38-33(39-32)45-21-34(12-13-34)20-40(4)5/h6-11,22,24H,1,12-21H2,2,4-5H3/t22-,24-/m0/s1. The van der Waals surface area contributed by atoms with Gasteiger partial charge < -0.3 is 29.2 Å². The molecule has 9 nitrogen and oxygen atoms in total. The van der Waals surface area contributed by atoms with E-state index < -0.39 is 5.82 Å². The van der Waals surface area contributed by atoms with Gasteiger partial charge in [-0.05, 0) is 63.9 Å². The van der Waals surface area contributed by atoms with Crippen LogP contribution < -0.4 is 14.5 Å². The van der Waals surface area contributed by atoms with Crippen LogP contribution in [0.4, 0.5) is 15.9 Å². The molecule has 1 saturated heterocycles. The largest absolute Gasteiger partial charge is 0.463 e. The van der Waals surface area contributed by atoms with E-state index >= 15 is 0 Å². The van der Waals surface area contributed by atoms with Gasteiger partial charge in [-0.25, -0.2) is 11.0 Å². The zero-order chi connectivity index (χ0) is 31.9. The molecule has 3 aliphatic rings. The molecule has 3 aromatic rings. The maximum Gasteiger partial charge on any atom is 0.318 e. The summed E-state index contributed by atoms with van der Waals surface area (Å²) in [4.78, 5) is 34.5. The molecule has 2 atom stereocenters. The Morgan fingerprint density at radius 1 is 1.27 bits per heavy atom. The summed E-state index contributed by atoms with van der Waals surface area (Å²) in [5, 5.41) is 1.67. The third-order valence-corrected chi connectivity index (χ3v) is 9.65. The van der Waals surface area contributed by atoms with Gasteiger partial charge in [0.05, 0.1) is 23.9 Å². The molecule has 2 aromatic carbocycles. The summed E-state index contributed by atoms with van der Waals surface area (Å²) >= 11 is 6.55. The van der Waals surface area contributed by atoms with Crippen molar-refractivity contribution in [2.75, 3.05) is 63.2 Å². The van der Waals surface area contributed by atoms with Gasteiger partial charge in [-0.1, -0.05) is 36.4 Å². The van der Waals surface area contributed by atoms with Gasteiger partial charge in [0.2, 0.25) is 12.5 Å². The van der Waals surface area contributed by atoms with Crippen molar-refractivity contribution < 1.29 is 13.9 Å². The summed E-state index contributed by atoms with van der Waals surface area (Å²) in [6.07, 6.45) is 4.17. The monoisotopic (exact) mass is 631 g/mol. The fraction of sp³-hybridized carbons (Fsp3) is 0.471. The van der Waals surface area contributed by atoms with Gasteiger partial charge >= 0.3 is 6.01 Å². The normalized spacial score (nSPS) is 20.6. The van der Waals surface area contributed by atoms with Crippen molar-refractivity contribution in [2.24, 2.45) is 5.41 Å². The first-order chi connectivity index (χ1) is 21.6. The summed E-state index contributed by atoms with van der Waals surface area (Å²) in [6, 6.07) is 9.14. The predicted octanol–water partition coefficient (Wildman–Crippen LogP) is 5.22. The highest BCUT2D eigenvalue weighted by atomic mass is 35.5. The number of carbonyl (C=O) groups excluding carboxylic acids is 1. The molecule has 2 fully saturated rings. The smallest absolute Gasteiger partial charge is 0.318 e. The first-order valence-electron chi connectivity index (χ1n) is 15.4. The van der Waals surface area contributed by atoms with Crippen LogP contribution in [0.2, 0.25) is 5.02 Å². The van der Waals surface area contributed by atoms with E-state index in [4.69, 9.17) is 32.9 Å². The number of piperazine rings is 1. The van der Waals surface area contributed by atoms with Crippen LogP contribution in [-0.4, -0.2) is 91.2 Å². The number of rotatable bonds is 9. The Balaban J connectivity index is 1.38. The van der Waals surface area contributed by atoms with E-state index in [9.17, 15) is 9.18 Å². The Labute approximate surface area is 269 Å². The molecule has 0 spiro atoms. The molecule has 6 rings (SSSR count). The molecule has 1 saturated carbocycles. The summed E-state index contributed by atoms with van der Waals surface area (Å²) in [5.74, 6) is 0.181. The Kier molecular flexibility index (Phi) is 8.59. The van der Waals surface area contributed by atoms with Crippen LogP contribution in [0.25, 0.3) is 15.6 Å². The van der Waals surface area contributed by atoms with E-state index in [2.05, 4.69) is 47.1 Å². The second-order valence-corrected chi connectivity index (χ2v) is 13.3. The number of hydrogen-bond donors (Lipinski definition) is 0. The number of hydrogen-bond acceptors (Lipinski definition) is 7. The minimum absolute atomic E-state index is 0.0362. The summed E-state index contributed by atoms with van der Waals surface area (Å²) in [7, 11) is 4.15.